The Kier molecular flexibility index (Phi) is 6.93. The number of sulfonamides is 1. The number of carboxylic acid groups (broad SMARTS) is 1. The maximum absolute atomic E-state index is 12.8. The van der Waals surface area contributed by atoms with Gasteiger partial charge in [0.25, 0.3) is 0 Å². The van der Waals surface area contributed by atoms with Gasteiger partial charge < -0.3 is 10.4 Å². The summed E-state index contributed by atoms with van der Waals surface area (Å²) in [6, 6.07) is 7.48. The van der Waals surface area contributed by atoms with Crippen LogP contribution in [-0.2, 0) is 21.4 Å². The van der Waals surface area contributed by atoms with Gasteiger partial charge in [-0.05, 0) is 45.6 Å². The molecule has 0 unspecified atom stereocenters. The standard InChI is InChI=1S/C16H17BrN2O5S2/c1-2-19(10-15(20)18-9-11-4-3-7-25-11)26(23,24)12-5-6-14(17)13(8-12)16(21)22/h3-8H,2,9-10H2,1H3,(H,18,20)(H,21,22). The van der Waals surface area contributed by atoms with Crippen LogP contribution in [-0.4, -0.2) is 42.8 Å². The highest BCUT2D eigenvalue weighted by atomic mass is 79.9. The molecular formula is C16H17BrN2O5S2. The molecule has 0 aliphatic rings. The number of carboxylic acids is 1. The van der Waals surface area contributed by atoms with Crippen molar-refractivity contribution in [3.63, 3.8) is 0 Å². The number of amides is 1. The highest BCUT2D eigenvalue weighted by Gasteiger charge is 2.26. The van der Waals surface area contributed by atoms with Crippen LogP contribution in [0.25, 0.3) is 0 Å². The van der Waals surface area contributed by atoms with Crippen molar-refractivity contribution in [1.29, 1.82) is 0 Å². The summed E-state index contributed by atoms with van der Waals surface area (Å²) < 4.78 is 26.8. The number of thiophene rings is 1. The maximum atomic E-state index is 12.8. The van der Waals surface area contributed by atoms with E-state index in [9.17, 15) is 18.0 Å². The highest BCUT2D eigenvalue weighted by Crippen LogP contribution is 2.23. The maximum Gasteiger partial charge on any atom is 0.336 e. The SMILES string of the molecule is CCN(CC(=O)NCc1cccs1)S(=O)(=O)c1ccc(Br)c(C(=O)O)c1. The molecule has 0 saturated heterocycles. The zero-order valence-electron chi connectivity index (χ0n) is 13.8. The average molecular weight is 461 g/mol. The van der Waals surface area contributed by atoms with E-state index >= 15 is 0 Å². The smallest absolute Gasteiger partial charge is 0.336 e. The number of likely N-dealkylation sites (N-methyl/N-ethyl adjacent to an activating group) is 1. The number of hydrogen-bond donors (Lipinski definition) is 2. The first-order valence-corrected chi connectivity index (χ1v) is 10.7. The second-order valence-electron chi connectivity index (χ2n) is 5.23. The van der Waals surface area contributed by atoms with E-state index in [4.69, 9.17) is 5.11 Å². The lowest BCUT2D eigenvalue weighted by Crippen LogP contribution is -2.40. The Labute approximate surface area is 163 Å². The van der Waals surface area contributed by atoms with Crippen LogP contribution in [0.2, 0.25) is 0 Å². The van der Waals surface area contributed by atoms with Gasteiger partial charge in [-0.15, -0.1) is 11.3 Å². The number of nitrogens with zero attached hydrogens (tertiary/aromatic N) is 1. The molecular weight excluding hydrogens is 444 g/mol. The van der Waals surface area contributed by atoms with Crippen LogP contribution in [0.4, 0.5) is 0 Å². The van der Waals surface area contributed by atoms with Crippen molar-refractivity contribution >= 4 is 49.2 Å². The first-order chi connectivity index (χ1) is 12.3. The first-order valence-electron chi connectivity index (χ1n) is 7.57. The van der Waals surface area contributed by atoms with Gasteiger partial charge in [0.1, 0.15) is 0 Å². The molecule has 0 bridgehead atoms. The van der Waals surface area contributed by atoms with E-state index in [1.165, 1.54) is 23.5 Å². The largest absolute Gasteiger partial charge is 0.478 e. The van der Waals surface area contributed by atoms with Gasteiger partial charge in [-0.1, -0.05) is 13.0 Å². The number of carbonyl (C=O) groups excluding carboxylic acids is 1. The zero-order chi connectivity index (χ0) is 19.3. The molecule has 0 aliphatic heterocycles. The van der Waals surface area contributed by atoms with E-state index in [2.05, 4.69) is 21.2 Å². The van der Waals surface area contributed by atoms with Crippen LogP contribution >= 0.6 is 27.3 Å². The number of benzene rings is 1. The van der Waals surface area contributed by atoms with E-state index in [-0.39, 0.29) is 28.0 Å². The minimum Gasteiger partial charge on any atom is -0.478 e. The third-order valence-electron chi connectivity index (χ3n) is 3.52. The first kappa shape index (κ1) is 20.6. The number of rotatable bonds is 8. The molecule has 0 spiro atoms. The molecule has 0 atom stereocenters. The molecule has 1 aromatic heterocycles. The summed E-state index contributed by atoms with van der Waals surface area (Å²) >= 11 is 4.57. The summed E-state index contributed by atoms with van der Waals surface area (Å²) in [6.45, 7) is 1.67. The molecule has 7 nitrogen and oxygen atoms in total. The molecule has 0 aliphatic carbocycles. The van der Waals surface area contributed by atoms with Crippen LogP contribution in [0, 0.1) is 0 Å². The Bertz CT molecular complexity index is 897. The Hall–Kier alpha value is -1.75. The number of hydrogen-bond acceptors (Lipinski definition) is 5. The van der Waals surface area contributed by atoms with Gasteiger partial charge in [0, 0.05) is 15.9 Å². The molecule has 140 valence electrons. The van der Waals surface area contributed by atoms with Gasteiger partial charge in [-0.3, -0.25) is 4.79 Å². The van der Waals surface area contributed by atoms with Gasteiger partial charge in [0.05, 0.1) is 23.5 Å². The van der Waals surface area contributed by atoms with Crippen LogP contribution in [0.5, 0.6) is 0 Å². The lowest BCUT2D eigenvalue weighted by Gasteiger charge is -2.20. The molecule has 0 radical (unpaired) electrons. The quantitative estimate of drug-likeness (QED) is 0.629. The van der Waals surface area contributed by atoms with Crippen LogP contribution < -0.4 is 5.32 Å². The molecule has 2 aromatic rings. The molecule has 2 N–H and O–H groups in total. The Balaban J connectivity index is 2.15. The van der Waals surface area contributed by atoms with Crippen LogP contribution in [0.1, 0.15) is 22.2 Å². The van der Waals surface area contributed by atoms with E-state index < -0.39 is 21.9 Å². The van der Waals surface area contributed by atoms with Crippen LogP contribution in [0.3, 0.4) is 0 Å². The fourth-order valence-corrected chi connectivity index (χ4v) is 4.65. The molecule has 1 aromatic carbocycles. The normalized spacial score (nSPS) is 11.5. The second-order valence-corrected chi connectivity index (χ2v) is 9.06. The Morgan fingerprint density at radius 1 is 1.31 bits per heavy atom. The fourth-order valence-electron chi connectivity index (χ4n) is 2.16. The third-order valence-corrected chi connectivity index (χ3v) is 7.00. The predicted octanol–water partition coefficient (Wildman–Crippen LogP) is 2.54. The average Bonchev–Trinajstić information content (AvgIpc) is 3.11. The highest BCUT2D eigenvalue weighted by molar-refractivity contribution is 9.10. The van der Waals surface area contributed by atoms with Crippen molar-refractivity contribution in [2.24, 2.45) is 0 Å². The minimum atomic E-state index is -4.00. The minimum absolute atomic E-state index is 0.0766. The summed E-state index contributed by atoms with van der Waals surface area (Å²) in [5.41, 5.74) is -0.163. The Morgan fingerprint density at radius 3 is 2.62 bits per heavy atom. The third kappa shape index (κ3) is 4.91. The number of aromatic carboxylic acids is 1. The van der Waals surface area contributed by atoms with Crippen molar-refractivity contribution < 1.29 is 23.1 Å². The molecule has 26 heavy (non-hydrogen) atoms. The molecule has 1 amide bonds. The number of nitrogens with one attached hydrogen (secondary N) is 1. The summed E-state index contributed by atoms with van der Waals surface area (Å²) in [6.07, 6.45) is 0. The van der Waals surface area contributed by atoms with Crippen molar-refractivity contribution in [2.45, 2.75) is 18.4 Å². The van der Waals surface area contributed by atoms with Gasteiger partial charge in [0.2, 0.25) is 15.9 Å². The summed E-state index contributed by atoms with van der Waals surface area (Å²) in [5, 5.41) is 13.7. The summed E-state index contributed by atoms with van der Waals surface area (Å²) in [7, 11) is -4.00. The van der Waals surface area contributed by atoms with Gasteiger partial charge in [-0.25, -0.2) is 13.2 Å². The van der Waals surface area contributed by atoms with Crippen molar-refractivity contribution in [3.8, 4) is 0 Å². The second kappa shape index (κ2) is 8.76. The molecule has 0 fully saturated rings. The zero-order valence-corrected chi connectivity index (χ0v) is 17.0. The van der Waals surface area contributed by atoms with Gasteiger partial charge in [-0.2, -0.15) is 4.31 Å². The van der Waals surface area contributed by atoms with E-state index in [0.29, 0.717) is 6.54 Å². The van der Waals surface area contributed by atoms with Crippen molar-refractivity contribution in [2.75, 3.05) is 13.1 Å². The molecule has 0 saturated carbocycles. The molecule has 2 rings (SSSR count). The van der Waals surface area contributed by atoms with Gasteiger partial charge in [0.15, 0.2) is 0 Å². The summed E-state index contributed by atoms with van der Waals surface area (Å²) in [4.78, 5) is 24.1. The lowest BCUT2D eigenvalue weighted by molar-refractivity contribution is -0.121. The number of halogens is 1. The monoisotopic (exact) mass is 460 g/mol. The molecule has 1 heterocycles. The van der Waals surface area contributed by atoms with Crippen molar-refractivity contribution in [1.82, 2.24) is 9.62 Å². The summed E-state index contributed by atoms with van der Waals surface area (Å²) in [5.74, 6) is -1.68. The van der Waals surface area contributed by atoms with Crippen molar-refractivity contribution in [3.05, 3.63) is 50.6 Å². The Morgan fingerprint density at radius 2 is 2.04 bits per heavy atom. The van der Waals surface area contributed by atoms with Gasteiger partial charge >= 0.3 is 5.97 Å². The van der Waals surface area contributed by atoms with E-state index in [1.807, 2.05) is 17.5 Å². The fraction of sp³-hybridized carbons (Fsp3) is 0.250. The van der Waals surface area contributed by atoms with E-state index in [1.54, 1.807) is 6.92 Å². The predicted molar refractivity (Wildman–Crippen MR) is 102 cm³/mol. The van der Waals surface area contributed by atoms with Crippen LogP contribution in [0.15, 0.2) is 45.1 Å². The topological polar surface area (TPSA) is 104 Å². The number of carbonyl (C=O) groups is 2. The molecule has 10 heteroatoms. The van der Waals surface area contributed by atoms with E-state index in [0.717, 1.165) is 15.2 Å². The lowest BCUT2D eigenvalue weighted by atomic mass is 10.2.